The highest BCUT2D eigenvalue weighted by Gasteiger charge is 2.13. The van der Waals surface area contributed by atoms with E-state index in [0.717, 1.165) is 30.9 Å². The molecule has 4 heteroatoms. The monoisotopic (exact) mass is 288 g/mol. The Labute approximate surface area is 124 Å². The summed E-state index contributed by atoms with van der Waals surface area (Å²) in [5.41, 5.74) is 0.771. The minimum absolute atomic E-state index is 0.0818. The molecule has 0 saturated heterocycles. The second kappa shape index (κ2) is 7.53. The molecule has 0 heterocycles. The first-order valence-electron chi connectivity index (χ1n) is 7.20. The first kappa shape index (κ1) is 15.2. The molecule has 1 aromatic carbocycles. The Kier molecular flexibility index (Phi) is 5.43. The average molecular weight is 288 g/mol. The first-order valence-corrected chi connectivity index (χ1v) is 7.20. The maximum absolute atomic E-state index is 10.6. The van der Waals surface area contributed by atoms with Crippen LogP contribution in [0.2, 0.25) is 0 Å². The van der Waals surface area contributed by atoms with Crippen LogP contribution in [0, 0.1) is 0 Å². The van der Waals surface area contributed by atoms with Gasteiger partial charge in [0.2, 0.25) is 0 Å². The molecule has 1 aliphatic rings. The zero-order valence-corrected chi connectivity index (χ0v) is 12.1. The number of carboxylic acid groups (broad SMARTS) is 1. The van der Waals surface area contributed by atoms with Gasteiger partial charge in [-0.05, 0) is 56.0 Å². The molecule has 0 aromatic heterocycles. The number of carbonyl (C=O) groups is 1. The predicted molar refractivity (Wildman–Crippen MR) is 81.7 cm³/mol. The molecule has 1 atom stereocenters. The van der Waals surface area contributed by atoms with E-state index in [1.807, 2.05) is 19.1 Å². The summed E-state index contributed by atoms with van der Waals surface area (Å²) in [5, 5.41) is 8.67. The van der Waals surface area contributed by atoms with Gasteiger partial charge in [0.05, 0.1) is 6.61 Å². The van der Waals surface area contributed by atoms with E-state index in [-0.39, 0.29) is 6.10 Å². The zero-order chi connectivity index (χ0) is 15.1. The lowest BCUT2D eigenvalue weighted by Gasteiger charge is -2.20. The van der Waals surface area contributed by atoms with Crippen molar-refractivity contribution in [2.45, 2.75) is 32.3 Å². The molecule has 0 aliphatic heterocycles. The number of aliphatic carboxylic acids is 1. The molecule has 0 fully saturated rings. The normalized spacial score (nSPS) is 17.9. The third-order valence-electron chi connectivity index (χ3n) is 3.17. The molecule has 1 aliphatic carbocycles. The van der Waals surface area contributed by atoms with Crippen LogP contribution in [0.25, 0.3) is 6.08 Å². The Morgan fingerprint density at radius 2 is 2.29 bits per heavy atom. The van der Waals surface area contributed by atoms with Gasteiger partial charge in [-0.25, -0.2) is 4.79 Å². The van der Waals surface area contributed by atoms with Crippen molar-refractivity contribution in [1.82, 2.24) is 0 Å². The average Bonchev–Trinajstić information content (AvgIpc) is 2.49. The number of allylic oxidation sites excluding steroid dienone is 1. The Balaban J connectivity index is 2.17. The van der Waals surface area contributed by atoms with E-state index in [1.165, 1.54) is 6.08 Å². The molecule has 1 aromatic rings. The third kappa shape index (κ3) is 4.67. The number of benzene rings is 1. The zero-order valence-electron chi connectivity index (χ0n) is 12.1. The lowest BCUT2D eigenvalue weighted by molar-refractivity contribution is -0.131. The first-order chi connectivity index (χ1) is 10.2. The van der Waals surface area contributed by atoms with Gasteiger partial charge in [0.25, 0.3) is 0 Å². The SMILES string of the molecule is CCOc1cc(/C=C/C(=O)O)ccc1OC1C=CCCC1. The van der Waals surface area contributed by atoms with E-state index in [4.69, 9.17) is 14.6 Å². The van der Waals surface area contributed by atoms with Crippen LogP contribution < -0.4 is 9.47 Å². The highest BCUT2D eigenvalue weighted by molar-refractivity contribution is 5.85. The second-order valence-corrected chi connectivity index (χ2v) is 4.83. The van der Waals surface area contributed by atoms with Crippen LogP contribution in [0.3, 0.4) is 0 Å². The maximum Gasteiger partial charge on any atom is 0.328 e. The van der Waals surface area contributed by atoms with E-state index < -0.39 is 5.97 Å². The second-order valence-electron chi connectivity index (χ2n) is 4.83. The summed E-state index contributed by atoms with van der Waals surface area (Å²) in [6.45, 7) is 2.44. The van der Waals surface area contributed by atoms with Crippen molar-refractivity contribution < 1.29 is 19.4 Å². The van der Waals surface area contributed by atoms with Gasteiger partial charge >= 0.3 is 5.97 Å². The molecular weight excluding hydrogens is 268 g/mol. The van der Waals surface area contributed by atoms with Gasteiger partial charge in [-0.15, -0.1) is 0 Å². The largest absolute Gasteiger partial charge is 0.490 e. The molecule has 0 radical (unpaired) electrons. The van der Waals surface area contributed by atoms with Gasteiger partial charge < -0.3 is 14.6 Å². The third-order valence-corrected chi connectivity index (χ3v) is 3.17. The summed E-state index contributed by atoms with van der Waals surface area (Å²) in [5.74, 6) is 0.366. The Morgan fingerprint density at radius 1 is 1.43 bits per heavy atom. The molecule has 0 bridgehead atoms. The fraction of sp³-hybridized carbons (Fsp3) is 0.353. The van der Waals surface area contributed by atoms with Gasteiger partial charge in [-0.2, -0.15) is 0 Å². The lowest BCUT2D eigenvalue weighted by Crippen LogP contribution is -2.16. The standard InChI is InChI=1S/C17H20O4/c1-2-20-16-12-13(9-11-17(18)19)8-10-15(16)21-14-6-4-3-5-7-14/h4,6,8-12,14H,2-3,5,7H2,1H3,(H,18,19)/b11-9+. The maximum atomic E-state index is 10.6. The molecule has 0 saturated carbocycles. The van der Waals surface area contributed by atoms with Crippen molar-refractivity contribution in [3.8, 4) is 11.5 Å². The molecule has 1 unspecified atom stereocenters. The number of hydrogen-bond acceptors (Lipinski definition) is 3. The molecule has 0 amide bonds. The number of hydrogen-bond donors (Lipinski definition) is 1. The van der Waals surface area contributed by atoms with Gasteiger partial charge in [-0.1, -0.05) is 12.1 Å². The van der Waals surface area contributed by atoms with E-state index in [1.54, 1.807) is 6.07 Å². The van der Waals surface area contributed by atoms with Crippen LogP contribution in [0.5, 0.6) is 11.5 Å². The number of ether oxygens (including phenoxy) is 2. The van der Waals surface area contributed by atoms with E-state index in [9.17, 15) is 4.79 Å². The van der Waals surface area contributed by atoms with Gasteiger partial charge in [-0.3, -0.25) is 0 Å². The van der Waals surface area contributed by atoms with Crippen LogP contribution in [0.15, 0.2) is 36.4 Å². The van der Waals surface area contributed by atoms with Crippen LogP contribution >= 0.6 is 0 Å². The summed E-state index contributed by atoms with van der Waals surface area (Å²) in [6.07, 6.45) is 10.2. The van der Waals surface area contributed by atoms with Crippen molar-refractivity contribution in [3.05, 3.63) is 42.0 Å². The fourth-order valence-electron chi connectivity index (χ4n) is 2.20. The van der Waals surface area contributed by atoms with Crippen molar-refractivity contribution in [1.29, 1.82) is 0 Å². The minimum atomic E-state index is -0.972. The van der Waals surface area contributed by atoms with Gasteiger partial charge in [0.15, 0.2) is 11.5 Å². The topological polar surface area (TPSA) is 55.8 Å². The van der Waals surface area contributed by atoms with Crippen LogP contribution in [-0.2, 0) is 4.79 Å². The van der Waals surface area contributed by atoms with Gasteiger partial charge in [0.1, 0.15) is 6.10 Å². The summed E-state index contributed by atoms with van der Waals surface area (Å²) in [4.78, 5) is 10.6. The predicted octanol–water partition coefficient (Wildman–Crippen LogP) is 3.67. The Morgan fingerprint density at radius 3 is 2.95 bits per heavy atom. The number of rotatable bonds is 6. The van der Waals surface area contributed by atoms with Crippen molar-refractivity contribution in [2.24, 2.45) is 0 Å². The van der Waals surface area contributed by atoms with E-state index in [2.05, 4.69) is 12.2 Å². The van der Waals surface area contributed by atoms with Crippen molar-refractivity contribution >= 4 is 12.0 Å². The van der Waals surface area contributed by atoms with E-state index in [0.29, 0.717) is 18.1 Å². The van der Waals surface area contributed by atoms with E-state index >= 15 is 0 Å². The smallest absolute Gasteiger partial charge is 0.328 e. The molecule has 112 valence electrons. The summed E-state index contributed by atoms with van der Waals surface area (Å²) < 4.78 is 11.6. The fourth-order valence-corrected chi connectivity index (χ4v) is 2.20. The molecule has 0 spiro atoms. The summed E-state index contributed by atoms with van der Waals surface area (Å²) in [6, 6.07) is 5.45. The quantitative estimate of drug-likeness (QED) is 0.641. The highest BCUT2D eigenvalue weighted by Crippen LogP contribution is 2.31. The van der Waals surface area contributed by atoms with Crippen LogP contribution in [0.1, 0.15) is 31.7 Å². The molecular formula is C17H20O4. The Hall–Kier alpha value is -2.23. The molecule has 2 rings (SSSR count). The Bertz CT molecular complexity index is 546. The van der Waals surface area contributed by atoms with Crippen molar-refractivity contribution in [3.63, 3.8) is 0 Å². The van der Waals surface area contributed by atoms with Crippen LogP contribution in [-0.4, -0.2) is 23.8 Å². The number of carboxylic acids is 1. The molecule has 4 nitrogen and oxygen atoms in total. The van der Waals surface area contributed by atoms with Gasteiger partial charge in [0, 0.05) is 6.08 Å². The van der Waals surface area contributed by atoms with Crippen molar-refractivity contribution in [2.75, 3.05) is 6.61 Å². The summed E-state index contributed by atoms with van der Waals surface area (Å²) >= 11 is 0. The highest BCUT2D eigenvalue weighted by atomic mass is 16.5. The van der Waals surface area contributed by atoms with Crippen LogP contribution in [0.4, 0.5) is 0 Å². The summed E-state index contributed by atoms with van der Waals surface area (Å²) in [7, 11) is 0. The lowest BCUT2D eigenvalue weighted by atomic mass is 10.1. The minimum Gasteiger partial charge on any atom is -0.490 e. The molecule has 21 heavy (non-hydrogen) atoms. The molecule has 1 N–H and O–H groups in total.